The van der Waals surface area contributed by atoms with Crippen molar-refractivity contribution in [2.45, 2.75) is 31.2 Å². The molecular formula is C16H21N3O2. The molecule has 2 N–H and O–H groups in total. The van der Waals surface area contributed by atoms with Crippen molar-refractivity contribution in [2.75, 3.05) is 19.6 Å². The molecule has 1 unspecified atom stereocenters. The third kappa shape index (κ3) is 2.78. The molecule has 3 amide bonds. The molecule has 2 saturated heterocycles. The molecule has 2 heterocycles. The molecule has 112 valence electrons. The summed E-state index contributed by atoms with van der Waals surface area (Å²) in [5, 5.41) is 6.02. The Labute approximate surface area is 124 Å². The summed E-state index contributed by atoms with van der Waals surface area (Å²) in [6.45, 7) is 1.85. The minimum absolute atomic E-state index is 0.0581. The van der Waals surface area contributed by atoms with Gasteiger partial charge in [-0.3, -0.25) is 9.69 Å². The monoisotopic (exact) mass is 287 g/mol. The van der Waals surface area contributed by atoms with Gasteiger partial charge in [0.15, 0.2) is 0 Å². The van der Waals surface area contributed by atoms with E-state index in [1.165, 1.54) is 10.5 Å². The van der Waals surface area contributed by atoms with Crippen LogP contribution in [0.4, 0.5) is 4.79 Å². The number of nitrogens with one attached hydrogen (secondary N) is 2. The summed E-state index contributed by atoms with van der Waals surface area (Å²) in [5.41, 5.74) is 0.627. The van der Waals surface area contributed by atoms with Crippen molar-refractivity contribution in [3.8, 4) is 0 Å². The van der Waals surface area contributed by atoms with Crippen LogP contribution in [0.3, 0.4) is 0 Å². The van der Waals surface area contributed by atoms with Crippen molar-refractivity contribution in [3.63, 3.8) is 0 Å². The van der Waals surface area contributed by atoms with Gasteiger partial charge in [0, 0.05) is 13.1 Å². The summed E-state index contributed by atoms with van der Waals surface area (Å²) in [5.74, 6) is -0.0581. The van der Waals surface area contributed by atoms with Gasteiger partial charge >= 0.3 is 6.03 Å². The maximum atomic E-state index is 12.4. The maximum Gasteiger partial charge on any atom is 0.325 e. The Kier molecular flexibility index (Phi) is 3.92. The van der Waals surface area contributed by atoms with E-state index in [1.807, 2.05) is 18.2 Å². The van der Waals surface area contributed by atoms with Crippen molar-refractivity contribution >= 4 is 11.9 Å². The second-order valence-corrected chi connectivity index (χ2v) is 5.84. The molecule has 3 rings (SSSR count). The maximum absolute atomic E-state index is 12.4. The Hall–Kier alpha value is -1.88. The lowest BCUT2D eigenvalue weighted by Crippen LogP contribution is -2.48. The highest BCUT2D eigenvalue weighted by Gasteiger charge is 2.52. The minimum Gasteiger partial charge on any atom is -0.322 e. The molecule has 5 nitrogen and oxygen atoms in total. The molecule has 1 spiro atoms. The van der Waals surface area contributed by atoms with Gasteiger partial charge in [0.1, 0.15) is 5.54 Å². The van der Waals surface area contributed by atoms with E-state index in [0.717, 1.165) is 25.8 Å². The number of imide groups is 1. The van der Waals surface area contributed by atoms with Gasteiger partial charge in [-0.15, -0.1) is 0 Å². The summed E-state index contributed by atoms with van der Waals surface area (Å²) in [6.07, 6.45) is 3.50. The smallest absolute Gasteiger partial charge is 0.322 e. The van der Waals surface area contributed by atoms with Gasteiger partial charge in [-0.2, -0.15) is 0 Å². The van der Waals surface area contributed by atoms with E-state index in [9.17, 15) is 9.59 Å². The summed E-state index contributed by atoms with van der Waals surface area (Å²) in [4.78, 5) is 25.8. The molecule has 0 saturated carbocycles. The summed E-state index contributed by atoms with van der Waals surface area (Å²) < 4.78 is 0. The lowest BCUT2D eigenvalue weighted by Gasteiger charge is -2.19. The van der Waals surface area contributed by atoms with Crippen molar-refractivity contribution in [1.82, 2.24) is 15.5 Å². The number of hydrogen-bond donors (Lipinski definition) is 2. The van der Waals surface area contributed by atoms with E-state index in [0.29, 0.717) is 19.5 Å². The van der Waals surface area contributed by atoms with Crippen LogP contribution >= 0.6 is 0 Å². The predicted molar refractivity (Wildman–Crippen MR) is 79.8 cm³/mol. The Morgan fingerprint density at radius 1 is 1.14 bits per heavy atom. The minimum atomic E-state index is -0.670. The van der Waals surface area contributed by atoms with Gasteiger partial charge in [-0.1, -0.05) is 30.3 Å². The normalized spacial score (nSPS) is 24.9. The van der Waals surface area contributed by atoms with E-state index in [-0.39, 0.29) is 11.9 Å². The van der Waals surface area contributed by atoms with Crippen molar-refractivity contribution in [2.24, 2.45) is 0 Å². The topological polar surface area (TPSA) is 61.4 Å². The predicted octanol–water partition coefficient (Wildman–Crippen LogP) is 1.29. The Morgan fingerprint density at radius 2 is 1.95 bits per heavy atom. The van der Waals surface area contributed by atoms with Crippen LogP contribution in [0.2, 0.25) is 0 Å². The zero-order chi connectivity index (χ0) is 14.7. The number of benzene rings is 1. The molecule has 2 aliphatic heterocycles. The quantitative estimate of drug-likeness (QED) is 0.634. The highest BCUT2D eigenvalue weighted by atomic mass is 16.2. The average Bonchev–Trinajstić information content (AvgIpc) is 3.05. The van der Waals surface area contributed by atoms with E-state index < -0.39 is 5.54 Å². The summed E-state index contributed by atoms with van der Waals surface area (Å²) >= 11 is 0. The molecule has 2 aliphatic rings. The highest BCUT2D eigenvalue weighted by Crippen LogP contribution is 2.24. The number of rotatable bonds is 5. The second-order valence-electron chi connectivity index (χ2n) is 5.84. The Bertz CT molecular complexity index is 524. The fraction of sp³-hybridized carbons (Fsp3) is 0.500. The van der Waals surface area contributed by atoms with Gasteiger partial charge < -0.3 is 10.6 Å². The SMILES string of the molecule is O=C1NC2(CCNC2)C(=O)N1CCCCc1ccccc1. The highest BCUT2D eigenvalue weighted by molar-refractivity contribution is 6.07. The van der Waals surface area contributed by atoms with Crippen LogP contribution in [0, 0.1) is 0 Å². The standard InChI is InChI=1S/C16H21N3O2/c20-14-16(9-10-17-12-16)18-15(21)19(14)11-5-4-8-13-6-2-1-3-7-13/h1-3,6-7,17H,4-5,8-12H2,(H,18,21). The van der Waals surface area contributed by atoms with Crippen molar-refractivity contribution in [3.05, 3.63) is 35.9 Å². The first kappa shape index (κ1) is 14.1. The average molecular weight is 287 g/mol. The molecule has 1 aromatic carbocycles. The van der Waals surface area contributed by atoms with E-state index in [1.54, 1.807) is 0 Å². The number of aryl methyl sites for hydroxylation is 1. The van der Waals surface area contributed by atoms with E-state index >= 15 is 0 Å². The number of unbranched alkanes of at least 4 members (excludes halogenated alkanes) is 1. The Balaban J connectivity index is 1.49. The van der Waals surface area contributed by atoms with Gasteiger partial charge in [0.2, 0.25) is 0 Å². The molecular weight excluding hydrogens is 266 g/mol. The largest absolute Gasteiger partial charge is 0.325 e. The van der Waals surface area contributed by atoms with Gasteiger partial charge in [0.05, 0.1) is 0 Å². The molecule has 5 heteroatoms. The lowest BCUT2D eigenvalue weighted by molar-refractivity contribution is -0.130. The molecule has 0 aromatic heterocycles. The third-order valence-corrected chi connectivity index (χ3v) is 4.34. The number of carbonyl (C=O) groups is 2. The molecule has 0 bridgehead atoms. The van der Waals surface area contributed by atoms with E-state index in [2.05, 4.69) is 22.8 Å². The first-order valence-electron chi connectivity index (χ1n) is 7.60. The van der Waals surface area contributed by atoms with Crippen molar-refractivity contribution in [1.29, 1.82) is 0 Å². The van der Waals surface area contributed by atoms with Crippen LogP contribution in [0.25, 0.3) is 0 Å². The van der Waals surface area contributed by atoms with Gasteiger partial charge in [0.25, 0.3) is 5.91 Å². The van der Waals surface area contributed by atoms with Crippen LogP contribution < -0.4 is 10.6 Å². The number of hydrogen-bond acceptors (Lipinski definition) is 3. The summed E-state index contributed by atoms with van der Waals surface area (Å²) in [6, 6.07) is 10.0. The zero-order valence-electron chi connectivity index (χ0n) is 12.1. The first-order valence-corrected chi connectivity index (χ1v) is 7.60. The van der Waals surface area contributed by atoms with Crippen LogP contribution in [0.1, 0.15) is 24.8 Å². The van der Waals surface area contributed by atoms with Gasteiger partial charge in [-0.05, 0) is 37.8 Å². The fourth-order valence-electron chi connectivity index (χ4n) is 3.10. The van der Waals surface area contributed by atoms with Crippen LogP contribution in [0.15, 0.2) is 30.3 Å². The molecule has 1 atom stereocenters. The Morgan fingerprint density at radius 3 is 2.67 bits per heavy atom. The van der Waals surface area contributed by atoms with E-state index in [4.69, 9.17) is 0 Å². The second kappa shape index (κ2) is 5.85. The number of urea groups is 1. The summed E-state index contributed by atoms with van der Waals surface area (Å²) in [7, 11) is 0. The zero-order valence-corrected chi connectivity index (χ0v) is 12.1. The van der Waals surface area contributed by atoms with Crippen LogP contribution in [-0.4, -0.2) is 42.0 Å². The molecule has 1 aromatic rings. The number of nitrogens with zero attached hydrogens (tertiary/aromatic N) is 1. The molecule has 2 fully saturated rings. The number of amides is 3. The van der Waals surface area contributed by atoms with Crippen molar-refractivity contribution < 1.29 is 9.59 Å². The first-order chi connectivity index (χ1) is 10.2. The number of carbonyl (C=O) groups excluding carboxylic acids is 2. The lowest BCUT2D eigenvalue weighted by atomic mass is 9.99. The third-order valence-electron chi connectivity index (χ3n) is 4.34. The van der Waals surface area contributed by atoms with Crippen LogP contribution in [0.5, 0.6) is 0 Å². The fourth-order valence-corrected chi connectivity index (χ4v) is 3.10. The van der Waals surface area contributed by atoms with Gasteiger partial charge in [-0.25, -0.2) is 4.79 Å². The van der Waals surface area contributed by atoms with Crippen LogP contribution in [-0.2, 0) is 11.2 Å². The molecule has 0 aliphatic carbocycles. The molecule has 21 heavy (non-hydrogen) atoms. The molecule has 0 radical (unpaired) electrons.